The van der Waals surface area contributed by atoms with E-state index in [9.17, 15) is 9.90 Å². The van der Waals surface area contributed by atoms with Crippen LogP contribution in [0.3, 0.4) is 0 Å². The normalized spacial score (nSPS) is 17.0. The van der Waals surface area contributed by atoms with Crippen molar-refractivity contribution in [3.8, 4) is 5.75 Å². The zero-order chi connectivity index (χ0) is 24.6. The molecule has 0 aromatic heterocycles. The van der Waals surface area contributed by atoms with Gasteiger partial charge < -0.3 is 14.6 Å². The van der Waals surface area contributed by atoms with Crippen LogP contribution >= 0.6 is 0 Å². The predicted octanol–water partition coefficient (Wildman–Crippen LogP) is 6.98. The Kier molecular flexibility index (Phi) is 8.56. The Morgan fingerprint density at radius 1 is 1.00 bits per heavy atom. The summed E-state index contributed by atoms with van der Waals surface area (Å²) >= 11 is 0. The van der Waals surface area contributed by atoms with Gasteiger partial charge in [0.1, 0.15) is 11.4 Å². The number of carbonyl (C=O) groups is 1. The van der Waals surface area contributed by atoms with Gasteiger partial charge in [-0.2, -0.15) is 0 Å². The van der Waals surface area contributed by atoms with Crippen LogP contribution in [-0.2, 0) is 4.74 Å². The van der Waals surface area contributed by atoms with Gasteiger partial charge in [-0.05, 0) is 63.4 Å². The van der Waals surface area contributed by atoms with E-state index in [1.807, 2.05) is 93.6 Å². The van der Waals surface area contributed by atoms with E-state index >= 15 is 0 Å². The summed E-state index contributed by atoms with van der Waals surface area (Å²) in [6, 6.07) is 17.3. The third-order valence-electron chi connectivity index (χ3n) is 6.02. The molecule has 1 aliphatic rings. The van der Waals surface area contributed by atoms with Crippen molar-refractivity contribution in [1.29, 1.82) is 0 Å². The number of methoxy groups -OCH3 is 1. The molecule has 2 aromatic carbocycles. The van der Waals surface area contributed by atoms with Crippen molar-refractivity contribution in [1.82, 2.24) is 0 Å². The molecule has 0 saturated heterocycles. The molecule has 1 aliphatic carbocycles. The molecule has 0 spiro atoms. The third-order valence-corrected chi connectivity index (χ3v) is 6.02. The summed E-state index contributed by atoms with van der Waals surface area (Å²) in [5.74, 6) is 0.452. The molecule has 1 N–H and O–H groups in total. The second-order valence-corrected chi connectivity index (χ2v) is 9.85. The molecule has 1 amide bonds. The summed E-state index contributed by atoms with van der Waals surface area (Å²) in [5.41, 5.74) is 0.246. The molecule has 1 fully saturated rings. The minimum absolute atomic E-state index is 0.254. The Morgan fingerprint density at radius 3 is 2.24 bits per heavy atom. The van der Waals surface area contributed by atoms with Gasteiger partial charge >= 0.3 is 6.09 Å². The molecule has 0 radical (unpaired) electrons. The first-order chi connectivity index (χ1) is 16.2. The molecule has 5 nitrogen and oxygen atoms in total. The Labute approximate surface area is 203 Å². The van der Waals surface area contributed by atoms with Gasteiger partial charge in [-0.3, -0.25) is 4.90 Å². The predicted molar refractivity (Wildman–Crippen MR) is 138 cm³/mol. The van der Waals surface area contributed by atoms with Crippen LogP contribution < -0.4 is 9.64 Å². The number of ether oxygens (including phenoxy) is 2. The van der Waals surface area contributed by atoms with Crippen LogP contribution in [0.15, 0.2) is 72.9 Å². The van der Waals surface area contributed by atoms with E-state index in [4.69, 9.17) is 9.47 Å². The fourth-order valence-corrected chi connectivity index (χ4v) is 4.18. The van der Waals surface area contributed by atoms with Crippen LogP contribution in [0.25, 0.3) is 6.08 Å². The van der Waals surface area contributed by atoms with Gasteiger partial charge in [0, 0.05) is 12.1 Å². The maximum Gasteiger partial charge on any atom is 0.418 e. The van der Waals surface area contributed by atoms with Gasteiger partial charge in [0.05, 0.1) is 18.4 Å². The van der Waals surface area contributed by atoms with Gasteiger partial charge in [-0.25, -0.2) is 4.79 Å². The highest BCUT2D eigenvalue weighted by atomic mass is 16.6. The van der Waals surface area contributed by atoms with Crippen LogP contribution in [0.5, 0.6) is 5.75 Å². The van der Waals surface area contributed by atoms with Gasteiger partial charge in [0.2, 0.25) is 0 Å². The van der Waals surface area contributed by atoms with Gasteiger partial charge in [0.15, 0.2) is 0 Å². The van der Waals surface area contributed by atoms with Crippen molar-refractivity contribution in [3.05, 3.63) is 78.5 Å². The van der Waals surface area contributed by atoms with E-state index in [0.29, 0.717) is 11.4 Å². The SMILES string of the molecule is COc1ccc(N(/C=C\[C@H](/C=C/c2ccccc2)C2(O)CCCCC2)C(=O)OC(C)(C)C)cc1. The molecule has 34 heavy (non-hydrogen) atoms. The maximum absolute atomic E-state index is 13.1. The standard InChI is InChI=1S/C29H37NO4/c1-28(2,3)34-27(31)30(25-15-17-26(33-4)18-16-25)22-19-24(29(32)20-9-6-10-21-29)14-13-23-11-7-5-8-12-23/h5,7-8,11-19,22,24,32H,6,9-10,20-21H2,1-4H3/b14-13+,22-19-/t24-/m0/s1. The molecule has 1 saturated carbocycles. The quantitative estimate of drug-likeness (QED) is 0.481. The molecule has 0 aliphatic heterocycles. The molecule has 2 aromatic rings. The Bertz CT molecular complexity index is 967. The molecule has 0 bridgehead atoms. The number of benzene rings is 2. The number of amides is 1. The summed E-state index contributed by atoms with van der Waals surface area (Å²) in [7, 11) is 1.61. The van der Waals surface area contributed by atoms with Crippen LogP contribution in [0.2, 0.25) is 0 Å². The molecule has 182 valence electrons. The highest BCUT2D eigenvalue weighted by molar-refractivity contribution is 5.90. The van der Waals surface area contributed by atoms with Crippen molar-refractivity contribution in [2.45, 2.75) is 64.1 Å². The first kappa shape index (κ1) is 25.6. The average molecular weight is 464 g/mol. The molecule has 0 heterocycles. The Hall–Kier alpha value is -3.05. The monoisotopic (exact) mass is 463 g/mol. The molecule has 5 heteroatoms. The zero-order valence-electron chi connectivity index (χ0n) is 20.7. The molecule has 1 atom stereocenters. The van der Waals surface area contributed by atoms with E-state index in [-0.39, 0.29) is 5.92 Å². The van der Waals surface area contributed by atoms with Crippen molar-refractivity contribution in [3.63, 3.8) is 0 Å². The number of hydrogen-bond donors (Lipinski definition) is 1. The topological polar surface area (TPSA) is 59.0 Å². The second kappa shape index (κ2) is 11.4. The Balaban J connectivity index is 1.94. The van der Waals surface area contributed by atoms with E-state index in [0.717, 1.165) is 37.7 Å². The van der Waals surface area contributed by atoms with Crippen LogP contribution in [0.4, 0.5) is 10.5 Å². The number of hydrogen-bond acceptors (Lipinski definition) is 4. The molecule has 0 unspecified atom stereocenters. The summed E-state index contributed by atoms with van der Waals surface area (Å²) in [5, 5.41) is 11.5. The lowest BCUT2D eigenvalue weighted by Crippen LogP contribution is -2.39. The van der Waals surface area contributed by atoms with Crippen LogP contribution in [0, 0.1) is 5.92 Å². The molecular weight excluding hydrogens is 426 g/mol. The van der Waals surface area contributed by atoms with Gasteiger partial charge in [0.25, 0.3) is 0 Å². The van der Waals surface area contributed by atoms with Gasteiger partial charge in [-0.15, -0.1) is 0 Å². The summed E-state index contributed by atoms with van der Waals surface area (Å²) in [4.78, 5) is 14.6. The van der Waals surface area contributed by atoms with Crippen molar-refractivity contribution < 1.29 is 19.4 Å². The lowest BCUT2D eigenvalue weighted by Gasteiger charge is -2.37. The van der Waals surface area contributed by atoms with Crippen LogP contribution in [-0.4, -0.2) is 29.5 Å². The minimum atomic E-state index is -0.848. The highest BCUT2D eigenvalue weighted by Crippen LogP contribution is 2.36. The fraction of sp³-hybridized carbons (Fsp3) is 0.414. The number of anilines is 1. The highest BCUT2D eigenvalue weighted by Gasteiger charge is 2.35. The first-order valence-corrected chi connectivity index (χ1v) is 12.0. The van der Waals surface area contributed by atoms with E-state index in [2.05, 4.69) is 0 Å². The molecule has 3 rings (SSSR count). The zero-order valence-corrected chi connectivity index (χ0v) is 20.7. The van der Waals surface area contributed by atoms with E-state index < -0.39 is 17.3 Å². The number of rotatable bonds is 7. The second-order valence-electron chi connectivity index (χ2n) is 9.85. The maximum atomic E-state index is 13.1. The largest absolute Gasteiger partial charge is 0.497 e. The lowest BCUT2D eigenvalue weighted by molar-refractivity contribution is -0.0185. The Morgan fingerprint density at radius 2 is 1.65 bits per heavy atom. The first-order valence-electron chi connectivity index (χ1n) is 12.0. The fourth-order valence-electron chi connectivity index (χ4n) is 4.18. The van der Waals surface area contributed by atoms with Gasteiger partial charge in [-0.1, -0.05) is 67.8 Å². The van der Waals surface area contributed by atoms with Crippen LogP contribution in [0.1, 0.15) is 58.4 Å². The molecular formula is C29H37NO4. The number of carbonyl (C=O) groups excluding carboxylic acids is 1. The summed E-state index contributed by atoms with van der Waals surface area (Å²) in [6.07, 6.45) is 11.8. The average Bonchev–Trinajstić information content (AvgIpc) is 2.81. The van der Waals surface area contributed by atoms with E-state index in [1.165, 1.54) is 4.90 Å². The number of aliphatic hydroxyl groups is 1. The third kappa shape index (κ3) is 7.22. The number of nitrogens with zero attached hydrogens (tertiary/aromatic N) is 1. The van der Waals surface area contributed by atoms with Crippen molar-refractivity contribution in [2.75, 3.05) is 12.0 Å². The van der Waals surface area contributed by atoms with Crippen molar-refractivity contribution in [2.24, 2.45) is 5.92 Å². The lowest BCUT2D eigenvalue weighted by atomic mass is 9.75. The van der Waals surface area contributed by atoms with E-state index in [1.54, 1.807) is 13.3 Å². The van der Waals surface area contributed by atoms with Crippen molar-refractivity contribution >= 4 is 17.9 Å². The summed E-state index contributed by atoms with van der Waals surface area (Å²) < 4.78 is 10.9. The summed E-state index contributed by atoms with van der Waals surface area (Å²) in [6.45, 7) is 5.53. The smallest absolute Gasteiger partial charge is 0.418 e. The minimum Gasteiger partial charge on any atom is -0.497 e.